The predicted molar refractivity (Wildman–Crippen MR) is 138 cm³/mol. The summed E-state index contributed by atoms with van der Waals surface area (Å²) in [5.74, 6) is 0.821. The maximum absolute atomic E-state index is 15.0. The van der Waals surface area contributed by atoms with Crippen molar-refractivity contribution < 1.29 is 13.9 Å². The SMILES string of the molecule is COC(=NC(=N)c1cnc2ccc(C(C=N)=C(N)c3ccc(OC4CCCC4)cc3F)cn12)C1CC1. The molecule has 186 valence electrons. The number of methoxy groups -OCH3 is 1. The normalized spacial score (nSPS) is 17.2. The van der Waals surface area contributed by atoms with Crippen LogP contribution in [-0.2, 0) is 4.74 Å². The van der Waals surface area contributed by atoms with Crippen LogP contribution in [0.5, 0.6) is 5.75 Å². The Bertz CT molecular complexity index is 1380. The molecule has 0 atom stereocenters. The zero-order valence-electron chi connectivity index (χ0n) is 20.1. The van der Waals surface area contributed by atoms with Crippen molar-refractivity contribution in [3.8, 4) is 5.75 Å². The fourth-order valence-electron chi connectivity index (χ4n) is 4.56. The Morgan fingerprint density at radius 3 is 2.64 bits per heavy atom. The van der Waals surface area contributed by atoms with Gasteiger partial charge in [0, 0.05) is 41.1 Å². The number of hydrogen-bond acceptors (Lipinski definition) is 6. The van der Waals surface area contributed by atoms with E-state index in [0.29, 0.717) is 34.1 Å². The van der Waals surface area contributed by atoms with E-state index in [1.54, 1.807) is 48.2 Å². The molecule has 3 aromatic rings. The molecule has 2 aliphatic rings. The number of imidazole rings is 1. The Balaban J connectivity index is 1.47. The fourth-order valence-corrected chi connectivity index (χ4v) is 4.56. The minimum Gasteiger partial charge on any atom is -0.490 e. The quantitative estimate of drug-likeness (QED) is 0.318. The van der Waals surface area contributed by atoms with Crippen LogP contribution in [0.15, 0.2) is 47.7 Å². The standard InChI is InChI=1S/C27H29FN6O2/c1-35-27(16-6-7-16)33-26(31)23-14-32-24-11-8-17(15-34(23)24)21(13-29)25(30)20-10-9-19(12-22(20)28)36-18-4-2-3-5-18/h8-16,18,29,31H,2-7,30H2,1H3. The van der Waals surface area contributed by atoms with Gasteiger partial charge in [0.05, 0.1) is 25.1 Å². The van der Waals surface area contributed by atoms with E-state index in [1.165, 1.54) is 6.07 Å². The first-order chi connectivity index (χ1) is 17.5. The maximum Gasteiger partial charge on any atom is 0.192 e. The van der Waals surface area contributed by atoms with Gasteiger partial charge in [-0.05, 0) is 62.8 Å². The average Bonchev–Trinajstić information content (AvgIpc) is 3.42. The molecular formula is C27H29FN6O2. The van der Waals surface area contributed by atoms with Crippen molar-refractivity contribution >= 4 is 34.9 Å². The highest BCUT2D eigenvalue weighted by atomic mass is 19.1. The monoisotopic (exact) mass is 488 g/mol. The van der Waals surface area contributed by atoms with Crippen LogP contribution in [0.2, 0.25) is 0 Å². The smallest absolute Gasteiger partial charge is 0.192 e. The number of fused-ring (bicyclic) bond motifs is 1. The van der Waals surface area contributed by atoms with Gasteiger partial charge in [-0.1, -0.05) is 0 Å². The number of rotatable bonds is 7. The molecule has 0 bridgehead atoms. The van der Waals surface area contributed by atoms with Crippen LogP contribution < -0.4 is 10.5 Å². The average molecular weight is 489 g/mol. The van der Waals surface area contributed by atoms with Gasteiger partial charge < -0.3 is 20.6 Å². The minimum absolute atomic E-state index is 0.0284. The van der Waals surface area contributed by atoms with Gasteiger partial charge in [-0.25, -0.2) is 9.37 Å². The molecule has 0 unspecified atom stereocenters. The van der Waals surface area contributed by atoms with Crippen molar-refractivity contribution in [2.45, 2.75) is 44.6 Å². The highest BCUT2D eigenvalue weighted by Gasteiger charge is 2.29. The van der Waals surface area contributed by atoms with E-state index < -0.39 is 5.82 Å². The number of nitrogens with one attached hydrogen (secondary N) is 2. The lowest BCUT2D eigenvalue weighted by Gasteiger charge is -2.15. The first-order valence-corrected chi connectivity index (χ1v) is 12.1. The number of hydrogen-bond donors (Lipinski definition) is 3. The Labute approximate surface area is 208 Å². The highest BCUT2D eigenvalue weighted by Crippen LogP contribution is 2.31. The summed E-state index contributed by atoms with van der Waals surface area (Å²) < 4.78 is 28.0. The van der Waals surface area contributed by atoms with E-state index in [0.717, 1.165) is 44.7 Å². The molecule has 0 spiro atoms. The Kier molecular flexibility index (Phi) is 6.54. The number of pyridine rings is 1. The summed E-state index contributed by atoms with van der Waals surface area (Å²) in [6.45, 7) is 0. The number of aliphatic imine (C=N–C) groups is 1. The molecule has 36 heavy (non-hydrogen) atoms. The van der Waals surface area contributed by atoms with Crippen LogP contribution in [-0.4, -0.2) is 40.5 Å². The number of benzene rings is 1. The van der Waals surface area contributed by atoms with Crippen LogP contribution in [0.4, 0.5) is 4.39 Å². The lowest BCUT2D eigenvalue weighted by atomic mass is 10.0. The number of halogens is 1. The summed E-state index contributed by atoms with van der Waals surface area (Å²) in [5.41, 5.74) is 8.75. The third kappa shape index (κ3) is 4.73. The molecule has 0 amide bonds. The van der Waals surface area contributed by atoms with Crippen molar-refractivity contribution in [3.05, 3.63) is 65.4 Å². The minimum atomic E-state index is -0.505. The number of aromatic nitrogens is 2. The first kappa shape index (κ1) is 23.7. The lowest BCUT2D eigenvalue weighted by Crippen LogP contribution is -2.11. The second-order valence-corrected chi connectivity index (χ2v) is 9.20. The number of allylic oxidation sites excluding steroid dienone is 1. The molecule has 5 rings (SSSR count). The Morgan fingerprint density at radius 2 is 1.97 bits per heavy atom. The van der Waals surface area contributed by atoms with Crippen LogP contribution in [0.25, 0.3) is 16.9 Å². The van der Waals surface area contributed by atoms with Crippen molar-refractivity contribution in [1.29, 1.82) is 10.8 Å². The summed E-state index contributed by atoms with van der Waals surface area (Å²) in [7, 11) is 1.56. The van der Waals surface area contributed by atoms with Gasteiger partial charge in [-0.15, -0.1) is 0 Å². The Morgan fingerprint density at radius 1 is 1.19 bits per heavy atom. The number of ether oxygens (including phenoxy) is 2. The third-order valence-electron chi connectivity index (χ3n) is 6.69. The van der Waals surface area contributed by atoms with Crippen LogP contribution in [0.1, 0.15) is 55.3 Å². The van der Waals surface area contributed by atoms with E-state index in [1.807, 2.05) is 0 Å². The number of nitrogens with zero attached hydrogens (tertiary/aromatic N) is 3. The second kappa shape index (κ2) is 9.93. The summed E-state index contributed by atoms with van der Waals surface area (Å²) >= 11 is 0. The third-order valence-corrected chi connectivity index (χ3v) is 6.69. The van der Waals surface area contributed by atoms with E-state index in [4.69, 9.17) is 26.0 Å². The molecule has 0 radical (unpaired) electrons. The molecule has 2 aromatic heterocycles. The van der Waals surface area contributed by atoms with E-state index >= 15 is 4.39 Å². The maximum atomic E-state index is 15.0. The lowest BCUT2D eigenvalue weighted by molar-refractivity contribution is 0.209. The molecule has 0 saturated heterocycles. The topological polar surface area (TPSA) is 122 Å². The van der Waals surface area contributed by atoms with Crippen LogP contribution in [0, 0.1) is 22.6 Å². The van der Waals surface area contributed by atoms with E-state index in [9.17, 15) is 0 Å². The molecule has 1 aromatic carbocycles. The fraction of sp³-hybridized carbons (Fsp3) is 0.333. The zero-order chi connectivity index (χ0) is 25.2. The van der Waals surface area contributed by atoms with Crippen LogP contribution in [0.3, 0.4) is 0 Å². The van der Waals surface area contributed by atoms with Gasteiger partial charge in [0.2, 0.25) is 0 Å². The first-order valence-electron chi connectivity index (χ1n) is 12.1. The van der Waals surface area contributed by atoms with Crippen molar-refractivity contribution in [2.75, 3.05) is 7.11 Å². The number of amidine groups is 1. The molecular weight excluding hydrogens is 459 g/mol. The van der Waals surface area contributed by atoms with Crippen molar-refractivity contribution in [1.82, 2.24) is 9.38 Å². The summed E-state index contributed by atoms with van der Waals surface area (Å²) in [6.07, 6.45) is 10.8. The summed E-state index contributed by atoms with van der Waals surface area (Å²) in [5, 5.41) is 16.5. The molecule has 2 aliphatic carbocycles. The van der Waals surface area contributed by atoms with Gasteiger partial charge in [0.25, 0.3) is 0 Å². The predicted octanol–water partition coefficient (Wildman–Crippen LogP) is 5.05. The number of nitrogens with two attached hydrogens (primary N) is 1. The second-order valence-electron chi connectivity index (χ2n) is 9.20. The van der Waals surface area contributed by atoms with E-state index in [-0.39, 0.29) is 29.1 Å². The van der Waals surface area contributed by atoms with Gasteiger partial charge in [-0.2, -0.15) is 4.99 Å². The molecule has 9 heteroatoms. The van der Waals surface area contributed by atoms with Gasteiger partial charge >= 0.3 is 0 Å². The van der Waals surface area contributed by atoms with Gasteiger partial charge in [0.1, 0.15) is 22.9 Å². The van der Waals surface area contributed by atoms with Gasteiger partial charge in [0.15, 0.2) is 11.7 Å². The highest BCUT2D eigenvalue weighted by molar-refractivity contribution is 6.17. The summed E-state index contributed by atoms with van der Waals surface area (Å²) in [4.78, 5) is 8.72. The van der Waals surface area contributed by atoms with Crippen molar-refractivity contribution in [2.24, 2.45) is 16.6 Å². The molecule has 2 heterocycles. The molecule has 4 N–H and O–H groups in total. The molecule has 0 aliphatic heterocycles. The molecule has 2 fully saturated rings. The van der Waals surface area contributed by atoms with Crippen LogP contribution >= 0.6 is 0 Å². The van der Waals surface area contributed by atoms with Crippen molar-refractivity contribution in [3.63, 3.8) is 0 Å². The largest absolute Gasteiger partial charge is 0.490 e. The zero-order valence-corrected chi connectivity index (χ0v) is 20.1. The molecule has 8 nitrogen and oxygen atoms in total. The Hall–Kier alpha value is -4.01. The molecule has 2 saturated carbocycles. The summed E-state index contributed by atoms with van der Waals surface area (Å²) in [6, 6.07) is 8.20. The van der Waals surface area contributed by atoms with E-state index in [2.05, 4.69) is 9.98 Å². The van der Waals surface area contributed by atoms with Gasteiger partial charge in [-0.3, -0.25) is 9.81 Å².